The van der Waals surface area contributed by atoms with Crippen LogP contribution in [0.3, 0.4) is 0 Å². The average molecular weight is 198 g/mol. The van der Waals surface area contributed by atoms with Gasteiger partial charge in [0.25, 0.3) is 0 Å². The van der Waals surface area contributed by atoms with Crippen molar-refractivity contribution in [2.75, 3.05) is 26.7 Å². The van der Waals surface area contributed by atoms with E-state index in [2.05, 4.69) is 12.6 Å². The van der Waals surface area contributed by atoms with Crippen LogP contribution in [0, 0.1) is 0 Å². The zero-order valence-electron chi connectivity index (χ0n) is 7.88. The molecule has 0 atom stereocenters. The van der Waals surface area contributed by atoms with E-state index in [0.29, 0.717) is 5.38 Å². The van der Waals surface area contributed by atoms with Gasteiger partial charge in [-0.3, -0.25) is 0 Å². The molecule has 0 N–H and O–H groups in total. The highest BCUT2D eigenvalue weighted by Crippen LogP contribution is 2.06. The van der Waals surface area contributed by atoms with Gasteiger partial charge >= 0.3 is 8.80 Å². The van der Waals surface area contributed by atoms with Crippen LogP contribution in [0.1, 0.15) is 13.8 Å². The molecule has 3 nitrogen and oxygen atoms in total. The molecule has 0 unspecified atom stereocenters. The zero-order valence-corrected chi connectivity index (χ0v) is 9.77. The Labute approximate surface area is 75.8 Å². The van der Waals surface area contributed by atoms with Gasteiger partial charge < -0.3 is 13.3 Å². The van der Waals surface area contributed by atoms with Crippen molar-refractivity contribution in [1.82, 2.24) is 0 Å². The van der Waals surface area contributed by atoms with E-state index in [4.69, 9.17) is 13.3 Å². The number of rotatable bonds is 4. The largest absolute Gasteiger partial charge is 0.510 e. The van der Waals surface area contributed by atoms with E-state index < -0.39 is 8.80 Å². The standard InChI is InChI=1S/C4H12O3SSi.C2H6/c1-5-9(4-8,6-2)7-3;1-2/h8H,4H2,1-3H3;1-2H3. The molecular weight excluding hydrogens is 180 g/mol. The van der Waals surface area contributed by atoms with Gasteiger partial charge in [-0.05, 0) is 0 Å². The first kappa shape index (κ1) is 14.0. The maximum absolute atomic E-state index is 5.00. The molecule has 0 rings (SSSR count). The predicted molar refractivity (Wildman–Crippen MR) is 52.0 cm³/mol. The minimum Gasteiger partial charge on any atom is -0.376 e. The van der Waals surface area contributed by atoms with Gasteiger partial charge in [0, 0.05) is 21.3 Å². The monoisotopic (exact) mass is 198 g/mol. The minimum absolute atomic E-state index is 0.510. The molecule has 0 radical (unpaired) electrons. The second kappa shape index (κ2) is 8.54. The molecule has 0 bridgehead atoms. The lowest BCUT2D eigenvalue weighted by molar-refractivity contribution is 0.131. The smallest absolute Gasteiger partial charge is 0.376 e. The molecule has 0 aliphatic heterocycles. The van der Waals surface area contributed by atoms with Crippen molar-refractivity contribution in [2.24, 2.45) is 0 Å². The summed E-state index contributed by atoms with van der Waals surface area (Å²) in [7, 11) is 2.37. The molecule has 0 aliphatic rings. The van der Waals surface area contributed by atoms with Gasteiger partial charge in [-0.15, -0.1) is 0 Å². The summed E-state index contributed by atoms with van der Waals surface area (Å²) in [5.74, 6) is 0. The van der Waals surface area contributed by atoms with Crippen LogP contribution in [0.15, 0.2) is 0 Å². The molecule has 0 heterocycles. The lowest BCUT2D eigenvalue weighted by Crippen LogP contribution is -2.45. The summed E-state index contributed by atoms with van der Waals surface area (Å²) in [5.41, 5.74) is 0. The molecule has 0 saturated carbocycles. The molecule has 0 aliphatic carbocycles. The summed E-state index contributed by atoms with van der Waals surface area (Å²) in [6.07, 6.45) is 0. The fraction of sp³-hybridized carbons (Fsp3) is 1.00. The second-order valence-electron chi connectivity index (χ2n) is 1.45. The first-order valence-corrected chi connectivity index (χ1v) is 6.07. The molecule has 0 fully saturated rings. The molecule has 11 heavy (non-hydrogen) atoms. The number of hydrogen-bond acceptors (Lipinski definition) is 4. The molecule has 70 valence electrons. The fourth-order valence-electron chi connectivity index (χ4n) is 0.444. The van der Waals surface area contributed by atoms with Crippen LogP contribution >= 0.6 is 12.6 Å². The molecule has 5 heteroatoms. The van der Waals surface area contributed by atoms with E-state index >= 15 is 0 Å². The van der Waals surface area contributed by atoms with Crippen molar-refractivity contribution >= 4 is 21.4 Å². The lowest BCUT2D eigenvalue weighted by atomic mass is 11.0. The molecular formula is C6H18O3SSi. The highest BCUT2D eigenvalue weighted by Gasteiger charge is 2.35. The summed E-state index contributed by atoms with van der Waals surface area (Å²) in [5, 5.41) is 0.510. The third kappa shape index (κ3) is 4.81. The van der Waals surface area contributed by atoms with Crippen molar-refractivity contribution in [3.05, 3.63) is 0 Å². The maximum Gasteiger partial charge on any atom is 0.510 e. The van der Waals surface area contributed by atoms with Crippen molar-refractivity contribution in [3.8, 4) is 0 Å². The highest BCUT2D eigenvalue weighted by molar-refractivity contribution is 7.82. The van der Waals surface area contributed by atoms with Crippen LogP contribution in [0.25, 0.3) is 0 Å². The van der Waals surface area contributed by atoms with Crippen LogP contribution in [0.2, 0.25) is 0 Å². The molecule has 0 aromatic heterocycles. The van der Waals surface area contributed by atoms with E-state index in [1.165, 1.54) is 0 Å². The normalized spacial score (nSPS) is 10.4. The van der Waals surface area contributed by atoms with E-state index in [1.807, 2.05) is 13.8 Å². The van der Waals surface area contributed by atoms with E-state index in [0.717, 1.165) is 0 Å². The van der Waals surface area contributed by atoms with Crippen molar-refractivity contribution < 1.29 is 13.3 Å². The lowest BCUT2D eigenvalue weighted by Gasteiger charge is -2.21. The summed E-state index contributed by atoms with van der Waals surface area (Å²) < 4.78 is 15.0. The zero-order chi connectivity index (χ0) is 9.33. The van der Waals surface area contributed by atoms with Gasteiger partial charge in [0.15, 0.2) is 0 Å². The second-order valence-corrected chi connectivity index (χ2v) is 5.31. The predicted octanol–water partition coefficient (Wildman–Crippen LogP) is 1.36. The third-order valence-corrected chi connectivity index (χ3v) is 4.54. The fourth-order valence-corrected chi connectivity index (χ4v) is 2.49. The molecule has 0 spiro atoms. The molecule has 0 saturated heterocycles. The Hall–Kier alpha value is 0.447. The number of thiol groups is 1. The summed E-state index contributed by atoms with van der Waals surface area (Å²) >= 11 is 4.03. The summed E-state index contributed by atoms with van der Waals surface area (Å²) in [6.45, 7) is 4.00. The van der Waals surface area contributed by atoms with Crippen LogP contribution in [0.4, 0.5) is 0 Å². The van der Waals surface area contributed by atoms with Crippen molar-refractivity contribution in [2.45, 2.75) is 13.8 Å². The van der Waals surface area contributed by atoms with Gasteiger partial charge in [-0.2, -0.15) is 12.6 Å². The molecule has 0 aromatic carbocycles. The first-order valence-electron chi connectivity index (χ1n) is 3.51. The SMILES string of the molecule is CC.CO[Si](CS)(OC)OC. The summed E-state index contributed by atoms with van der Waals surface area (Å²) in [4.78, 5) is 0. The number of hydrogen-bond donors (Lipinski definition) is 1. The molecule has 0 aromatic rings. The average Bonchev–Trinajstić information content (AvgIpc) is 2.13. The van der Waals surface area contributed by atoms with Crippen LogP contribution < -0.4 is 0 Å². The quantitative estimate of drug-likeness (QED) is 0.546. The Morgan fingerprint density at radius 3 is 1.27 bits per heavy atom. The summed E-state index contributed by atoms with van der Waals surface area (Å²) in [6, 6.07) is 0. The Balaban J connectivity index is 0. The van der Waals surface area contributed by atoms with E-state index in [-0.39, 0.29) is 0 Å². The maximum atomic E-state index is 5.00. The van der Waals surface area contributed by atoms with Gasteiger partial charge in [0.2, 0.25) is 0 Å². The van der Waals surface area contributed by atoms with Gasteiger partial charge in [-0.1, -0.05) is 13.8 Å². The van der Waals surface area contributed by atoms with Gasteiger partial charge in [-0.25, -0.2) is 0 Å². The Kier molecular flexibility index (Phi) is 10.9. The van der Waals surface area contributed by atoms with Crippen molar-refractivity contribution in [3.63, 3.8) is 0 Å². The van der Waals surface area contributed by atoms with Crippen LogP contribution in [-0.4, -0.2) is 35.5 Å². The Morgan fingerprint density at radius 2 is 1.27 bits per heavy atom. The Bertz CT molecular complexity index is 60.7. The third-order valence-electron chi connectivity index (χ3n) is 1.13. The van der Waals surface area contributed by atoms with Gasteiger partial charge in [0.1, 0.15) is 0 Å². The van der Waals surface area contributed by atoms with E-state index in [9.17, 15) is 0 Å². The van der Waals surface area contributed by atoms with Crippen LogP contribution in [0.5, 0.6) is 0 Å². The Morgan fingerprint density at radius 1 is 1.00 bits per heavy atom. The topological polar surface area (TPSA) is 27.7 Å². The highest BCUT2D eigenvalue weighted by atomic mass is 32.1. The van der Waals surface area contributed by atoms with Crippen molar-refractivity contribution in [1.29, 1.82) is 0 Å². The van der Waals surface area contributed by atoms with Gasteiger partial charge in [0.05, 0.1) is 5.38 Å². The molecule has 0 amide bonds. The minimum atomic E-state index is -2.33. The van der Waals surface area contributed by atoms with E-state index in [1.54, 1.807) is 21.3 Å². The first-order chi connectivity index (χ1) is 5.24. The van der Waals surface area contributed by atoms with Crippen LogP contribution in [-0.2, 0) is 13.3 Å².